The van der Waals surface area contributed by atoms with Crippen molar-refractivity contribution in [3.05, 3.63) is 34.1 Å². The fourth-order valence-corrected chi connectivity index (χ4v) is 1.82. The van der Waals surface area contributed by atoms with Crippen LogP contribution in [-0.2, 0) is 0 Å². The van der Waals surface area contributed by atoms with E-state index in [2.05, 4.69) is 26.6 Å². The highest BCUT2D eigenvalue weighted by atomic mass is 79.9. The molecule has 84 valence electrons. The van der Waals surface area contributed by atoms with Crippen LogP contribution in [0.2, 0.25) is 0 Å². The molecule has 0 bridgehead atoms. The molecule has 4 heteroatoms. The van der Waals surface area contributed by atoms with Gasteiger partial charge in [0.05, 0.1) is 0 Å². The van der Waals surface area contributed by atoms with Crippen molar-refractivity contribution in [2.45, 2.75) is 13.0 Å². The normalized spacial score (nSPS) is 12.8. The summed E-state index contributed by atoms with van der Waals surface area (Å²) in [5.41, 5.74) is 0.688. The van der Waals surface area contributed by atoms with Crippen LogP contribution in [-0.4, -0.2) is 20.1 Å². The van der Waals surface area contributed by atoms with E-state index in [0.29, 0.717) is 5.56 Å². The van der Waals surface area contributed by atoms with Gasteiger partial charge in [0.1, 0.15) is 5.82 Å². The summed E-state index contributed by atoms with van der Waals surface area (Å²) in [4.78, 5) is 0. The molecule has 1 unspecified atom stereocenters. The maximum Gasteiger partial charge on any atom is 0.128 e. The van der Waals surface area contributed by atoms with Crippen molar-refractivity contribution in [1.82, 2.24) is 10.6 Å². The van der Waals surface area contributed by atoms with Crippen LogP contribution >= 0.6 is 15.9 Å². The third-order valence-corrected chi connectivity index (χ3v) is 2.77. The number of hydrogen-bond acceptors (Lipinski definition) is 2. The van der Waals surface area contributed by atoms with Gasteiger partial charge in [0.15, 0.2) is 0 Å². The molecule has 0 aliphatic carbocycles. The van der Waals surface area contributed by atoms with Gasteiger partial charge in [-0.05, 0) is 31.8 Å². The van der Waals surface area contributed by atoms with E-state index in [-0.39, 0.29) is 11.9 Å². The molecule has 0 spiro atoms. The smallest absolute Gasteiger partial charge is 0.128 e. The number of benzene rings is 1. The number of halogens is 2. The Kier molecular flexibility index (Phi) is 5.22. The van der Waals surface area contributed by atoms with Crippen LogP contribution in [0, 0.1) is 5.82 Å². The second kappa shape index (κ2) is 6.20. The van der Waals surface area contributed by atoms with Crippen LogP contribution in [0.4, 0.5) is 4.39 Å². The van der Waals surface area contributed by atoms with Crippen LogP contribution < -0.4 is 10.6 Å². The molecule has 1 atom stereocenters. The second-order valence-corrected chi connectivity index (χ2v) is 4.23. The molecular weight excluding hydrogens is 259 g/mol. The lowest BCUT2D eigenvalue weighted by atomic mass is 10.1. The minimum atomic E-state index is -0.171. The maximum absolute atomic E-state index is 13.5. The summed E-state index contributed by atoms with van der Waals surface area (Å²) in [6, 6.07) is 5.00. The fraction of sp³-hybridized carbons (Fsp3) is 0.455. The van der Waals surface area contributed by atoms with E-state index < -0.39 is 0 Å². The van der Waals surface area contributed by atoms with Gasteiger partial charge in [-0.15, -0.1) is 0 Å². The molecule has 0 fully saturated rings. The molecule has 0 aromatic heterocycles. The van der Waals surface area contributed by atoms with E-state index in [1.807, 2.05) is 20.0 Å². The van der Waals surface area contributed by atoms with Gasteiger partial charge in [0, 0.05) is 22.6 Å². The lowest BCUT2D eigenvalue weighted by Crippen LogP contribution is -2.30. The average molecular weight is 275 g/mol. The molecule has 0 heterocycles. The van der Waals surface area contributed by atoms with Crippen molar-refractivity contribution in [1.29, 1.82) is 0 Å². The Balaban J connectivity index is 2.85. The summed E-state index contributed by atoms with van der Waals surface area (Å²) < 4.78 is 14.4. The SMILES string of the molecule is CCNCC(NC)c1cc(Br)ccc1F. The highest BCUT2D eigenvalue weighted by molar-refractivity contribution is 9.10. The molecule has 0 aliphatic heterocycles. The van der Waals surface area contributed by atoms with E-state index in [4.69, 9.17) is 0 Å². The second-order valence-electron chi connectivity index (χ2n) is 3.31. The van der Waals surface area contributed by atoms with Gasteiger partial charge in [-0.1, -0.05) is 22.9 Å². The summed E-state index contributed by atoms with van der Waals surface area (Å²) in [5.74, 6) is -0.171. The van der Waals surface area contributed by atoms with Gasteiger partial charge < -0.3 is 10.6 Å². The molecule has 0 amide bonds. The van der Waals surface area contributed by atoms with Crippen molar-refractivity contribution >= 4 is 15.9 Å². The first-order valence-corrected chi connectivity index (χ1v) is 5.81. The predicted octanol–water partition coefficient (Wildman–Crippen LogP) is 2.46. The summed E-state index contributed by atoms with van der Waals surface area (Å²) >= 11 is 3.35. The molecule has 1 aromatic rings. The molecule has 2 nitrogen and oxygen atoms in total. The van der Waals surface area contributed by atoms with Gasteiger partial charge in [-0.3, -0.25) is 0 Å². The van der Waals surface area contributed by atoms with Crippen LogP contribution in [0.3, 0.4) is 0 Å². The standard InChI is InChI=1S/C11H16BrFN2/c1-3-15-7-11(14-2)9-6-8(12)4-5-10(9)13/h4-6,11,14-15H,3,7H2,1-2H3. The van der Waals surface area contributed by atoms with Crippen LogP contribution in [0.5, 0.6) is 0 Å². The minimum absolute atomic E-state index is 0.00227. The van der Waals surface area contributed by atoms with E-state index in [1.165, 1.54) is 6.07 Å². The van der Waals surface area contributed by atoms with Crippen molar-refractivity contribution in [3.8, 4) is 0 Å². The third kappa shape index (κ3) is 3.55. The van der Waals surface area contributed by atoms with E-state index in [9.17, 15) is 4.39 Å². The number of hydrogen-bond donors (Lipinski definition) is 2. The van der Waals surface area contributed by atoms with Crippen molar-refractivity contribution in [3.63, 3.8) is 0 Å². The first kappa shape index (κ1) is 12.6. The van der Waals surface area contributed by atoms with Gasteiger partial charge >= 0.3 is 0 Å². The van der Waals surface area contributed by atoms with Gasteiger partial charge in [0.2, 0.25) is 0 Å². The number of rotatable bonds is 5. The topological polar surface area (TPSA) is 24.1 Å². The quantitative estimate of drug-likeness (QED) is 0.862. The first-order valence-electron chi connectivity index (χ1n) is 5.02. The molecule has 2 N–H and O–H groups in total. The lowest BCUT2D eigenvalue weighted by molar-refractivity contribution is 0.504. The van der Waals surface area contributed by atoms with Crippen molar-refractivity contribution in [2.75, 3.05) is 20.1 Å². The Morgan fingerprint density at radius 2 is 2.20 bits per heavy atom. The van der Waals surface area contributed by atoms with Crippen molar-refractivity contribution < 1.29 is 4.39 Å². The number of likely N-dealkylation sites (N-methyl/N-ethyl adjacent to an activating group) is 2. The molecule has 0 saturated heterocycles. The molecule has 1 rings (SSSR count). The molecule has 1 aromatic carbocycles. The van der Waals surface area contributed by atoms with Gasteiger partial charge in [-0.2, -0.15) is 0 Å². The molecular formula is C11H16BrFN2. The Bertz CT molecular complexity index is 317. The third-order valence-electron chi connectivity index (χ3n) is 2.28. The van der Waals surface area contributed by atoms with Crippen LogP contribution in [0.15, 0.2) is 22.7 Å². The monoisotopic (exact) mass is 274 g/mol. The Morgan fingerprint density at radius 3 is 2.80 bits per heavy atom. The molecule has 15 heavy (non-hydrogen) atoms. The number of nitrogens with one attached hydrogen (secondary N) is 2. The van der Waals surface area contributed by atoms with E-state index in [1.54, 1.807) is 6.07 Å². The van der Waals surface area contributed by atoms with Gasteiger partial charge in [0.25, 0.3) is 0 Å². The molecule has 0 aliphatic rings. The lowest BCUT2D eigenvalue weighted by Gasteiger charge is -2.17. The summed E-state index contributed by atoms with van der Waals surface area (Å²) in [6.45, 7) is 3.64. The summed E-state index contributed by atoms with van der Waals surface area (Å²) in [7, 11) is 1.84. The van der Waals surface area contributed by atoms with Gasteiger partial charge in [-0.25, -0.2) is 4.39 Å². The van der Waals surface area contributed by atoms with Crippen LogP contribution in [0.25, 0.3) is 0 Å². The predicted molar refractivity (Wildman–Crippen MR) is 64.4 cm³/mol. The zero-order valence-corrected chi connectivity index (χ0v) is 10.6. The van der Waals surface area contributed by atoms with Crippen molar-refractivity contribution in [2.24, 2.45) is 0 Å². The highest BCUT2D eigenvalue weighted by Gasteiger charge is 2.13. The first-order chi connectivity index (χ1) is 7.19. The Hall–Kier alpha value is -0.450. The van der Waals surface area contributed by atoms with E-state index in [0.717, 1.165) is 17.6 Å². The molecule has 0 saturated carbocycles. The summed E-state index contributed by atoms with van der Waals surface area (Å²) in [5, 5.41) is 6.30. The van der Waals surface area contributed by atoms with E-state index >= 15 is 0 Å². The highest BCUT2D eigenvalue weighted by Crippen LogP contribution is 2.21. The summed E-state index contributed by atoms with van der Waals surface area (Å²) in [6.07, 6.45) is 0. The zero-order chi connectivity index (χ0) is 11.3. The Morgan fingerprint density at radius 1 is 1.47 bits per heavy atom. The largest absolute Gasteiger partial charge is 0.315 e. The zero-order valence-electron chi connectivity index (χ0n) is 8.98. The maximum atomic E-state index is 13.5. The molecule has 0 radical (unpaired) electrons. The minimum Gasteiger partial charge on any atom is -0.315 e. The Labute approximate surface area is 98.4 Å². The average Bonchev–Trinajstić information content (AvgIpc) is 2.24. The van der Waals surface area contributed by atoms with Crippen LogP contribution in [0.1, 0.15) is 18.5 Å². The fourth-order valence-electron chi connectivity index (χ4n) is 1.44.